The van der Waals surface area contributed by atoms with Gasteiger partial charge in [0, 0.05) is 31.2 Å². The number of rotatable bonds is 5. The summed E-state index contributed by atoms with van der Waals surface area (Å²) in [4.78, 5) is 29.3. The number of carbonyl (C=O) groups is 1. The van der Waals surface area contributed by atoms with E-state index in [0.717, 1.165) is 23.9 Å². The Bertz CT molecular complexity index is 1120. The van der Waals surface area contributed by atoms with Crippen molar-refractivity contribution in [3.8, 4) is 0 Å². The van der Waals surface area contributed by atoms with E-state index >= 15 is 0 Å². The molecule has 0 aliphatic carbocycles. The van der Waals surface area contributed by atoms with Crippen LogP contribution in [-0.2, 0) is 6.42 Å². The Kier molecular flexibility index (Phi) is 5.11. The highest BCUT2D eigenvalue weighted by atomic mass is 16.4. The zero-order valence-electron chi connectivity index (χ0n) is 16.9. The second-order valence-corrected chi connectivity index (χ2v) is 7.73. The minimum atomic E-state index is -0.622. The summed E-state index contributed by atoms with van der Waals surface area (Å²) in [5, 5.41) is 3.64. The van der Waals surface area contributed by atoms with Gasteiger partial charge in [0.2, 0.25) is 0 Å². The van der Waals surface area contributed by atoms with Crippen LogP contribution in [-0.4, -0.2) is 45.0 Å². The average molecular weight is 391 g/mol. The topological polar surface area (TPSA) is 65.8 Å². The molecule has 6 heteroatoms. The predicted octanol–water partition coefficient (Wildman–Crippen LogP) is 2.82. The molecule has 1 aliphatic rings. The third kappa shape index (κ3) is 3.76. The Hall–Kier alpha value is -3.12. The first-order chi connectivity index (χ1) is 13.9. The number of fused-ring (bicyclic) bond motifs is 2. The van der Waals surface area contributed by atoms with Crippen molar-refractivity contribution in [1.82, 2.24) is 10.2 Å². The second-order valence-electron chi connectivity index (χ2n) is 7.73. The first-order valence-corrected chi connectivity index (χ1v) is 9.75. The number of para-hydroxylation sites is 1. The van der Waals surface area contributed by atoms with Crippen molar-refractivity contribution in [3.63, 3.8) is 0 Å². The quantitative estimate of drug-likeness (QED) is 0.678. The summed E-state index contributed by atoms with van der Waals surface area (Å²) in [7, 11) is 6.07. The lowest BCUT2D eigenvalue weighted by Crippen LogP contribution is -2.36. The summed E-state index contributed by atoms with van der Waals surface area (Å²) in [6.45, 7) is 1.42. The molecule has 0 radical (unpaired) electrons. The number of nitrogens with one attached hydrogen (secondary N) is 1. The maximum atomic E-state index is 12.7. The lowest BCUT2D eigenvalue weighted by atomic mass is 10.0. The summed E-state index contributed by atoms with van der Waals surface area (Å²) >= 11 is 0. The van der Waals surface area contributed by atoms with Gasteiger partial charge >= 0.3 is 5.63 Å². The third-order valence-electron chi connectivity index (χ3n) is 5.58. The molecule has 6 nitrogen and oxygen atoms in total. The summed E-state index contributed by atoms with van der Waals surface area (Å²) in [6, 6.07) is 15.2. The summed E-state index contributed by atoms with van der Waals surface area (Å²) in [6.07, 6.45) is 1.03. The Morgan fingerprint density at radius 1 is 1.21 bits per heavy atom. The Morgan fingerprint density at radius 2 is 2.00 bits per heavy atom. The van der Waals surface area contributed by atoms with E-state index < -0.39 is 11.5 Å². The molecule has 1 N–H and O–H groups in total. The van der Waals surface area contributed by atoms with Crippen molar-refractivity contribution < 1.29 is 9.21 Å². The number of carbonyl (C=O) groups excluding carboxylic acids is 1. The molecule has 0 bridgehead atoms. The maximum Gasteiger partial charge on any atom is 0.349 e. The van der Waals surface area contributed by atoms with Crippen LogP contribution in [0.2, 0.25) is 0 Å². The van der Waals surface area contributed by atoms with E-state index in [0.29, 0.717) is 12.1 Å². The molecule has 4 rings (SSSR count). The van der Waals surface area contributed by atoms with Gasteiger partial charge in [-0.3, -0.25) is 4.79 Å². The standard InChI is InChI=1S/C23H25N3O3/c1-25(2)20(15-8-9-19-16(12-15)10-11-26(19)3)14-24-22(27)18-13-17-6-4-5-7-21(17)29-23(18)28/h4-9,12-13,20H,10-11,14H2,1-3H3,(H,24,27)/t20-/m0/s1. The number of nitrogens with zero attached hydrogens (tertiary/aromatic N) is 2. The Morgan fingerprint density at radius 3 is 2.79 bits per heavy atom. The monoisotopic (exact) mass is 391 g/mol. The predicted molar refractivity (Wildman–Crippen MR) is 115 cm³/mol. The van der Waals surface area contributed by atoms with Gasteiger partial charge in [0.25, 0.3) is 5.91 Å². The fourth-order valence-corrected chi connectivity index (χ4v) is 3.90. The zero-order chi connectivity index (χ0) is 20.5. The molecular weight excluding hydrogens is 366 g/mol. The van der Waals surface area contributed by atoms with E-state index in [1.165, 1.54) is 11.3 Å². The van der Waals surface area contributed by atoms with Crippen LogP contribution in [0.4, 0.5) is 5.69 Å². The van der Waals surface area contributed by atoms with Crippen molar-refractivity contribution in [2.24, 2.45) is 0 Å². The fraction of sp³-hybridized carbons (Fsp3) is 0.304. The van der Waals surface area contributed by atoms with Gasteiger partial charge in [-0.25, -0.2) is 4.79 Å². The average Bonchev–Trinajstić information content (AvgIpc) is 3.07. The minimum absolute atomic E-state index is 0.00246. The Balaban J connectivity index is 1.54. The zero-order valence-corrected chi connectivity index (χ0v) is 16.9. The van der Waals surface area contributed by atoms with E-state index in [4.69, 9.17) is 4.42 Å². The molecule has 3 aromatic rings. The van der Waals surface area contributed by atoms with Crippen LogP contribution in [0, 0.1) is 0 Å². The van der Waals surface area contributed by atoms with Crippen LogP contribution >= 0.6 is 0 Å². The number of amides is 1. The SMILES string of the molecule is CN1CCc2cc([C@H](CNC(=O)c3cc4ccccc4oc3=O)N(C)C)ccc21. The number of likely N-dealkylation sites (N-methyl/N-ethyl adjacent to an activating group) is 2. The van der Waals surface area contributed by atoms with Gasteiger partial charge in [0.05, 0.1) is 6.04 Å². The number of benzene rings is 2. The summed E-state index contributed by atoms with van der Waals surface area (Å²) in [5.74, 6) is -0.419. The van der Waals surface area contributed by atoms with Crippen LogP contribution in [0.1, 0.15) is 27.5 Å². The van der Waals surface area contributed by atoms with Crippen LogP contribution in [0.5, 0.6) is 0 Å². The van der Waals surface area contributed by atoms with Gasteiger partial charge in [0.15, 0.2) is 0 Å². The molecule has 29 heavy (non-hydrogen) atoms. The smallest absolute Gasteiger partial charge is 0.349 e. The molecule has 0 unspecified atom stereocenters. The highest BCUT2D eigenvalue weighted by molar-refractivity contribution is 5.96. The lowest BCUT2D eigenvalue weighted by molar-refractivity contribution is 0.0938. The van der Waals surface area contributed by atoms with Crippen molar-refractivity contribution in [3.05, 3.63) is 75.6 Å². The summed E-state index contributed by atoms with van der Waals surface area (Å²) in [5.41, 5.74) is 3.63. The number of anilines is 1. The first kappa shape index (κ1) is 19.2. The molecule has 1 aliphatic heterocycles. The van der Waals surface area contributed by atoms with Crippen LogP contribution in [0.15, 0.2) is 57.7 Å². The van der Waals surface area contributed by atoms with Gasteiger partial charge in [-0.2, -0.15) is 0 Å². The molecule has 0 saturated carbocycles. The highest BCUT2D eigenvalue weighted by Crippen LogP contribution is 2.30. The van der Waals surface area contributed by atoms with Crippen molar-refractivity contribution >= 4 is 22.6 Å². The van der Waals surface area contributed by atoms with Crippen LogP contribution < -0.4 is 15.8 Å². The lowest BCUT2D eigenvalue weighted by Gasteiger charge is -2.26. The van der Waals surface area contributed by atoms with Gasteiger partial charge in [0.1, 0.15) is 11.1 Å². The molecule has 2 aromatic carbocycles. The van der Waals surface area contributed by atoms with Gasteiger partial charge in [-0.1, -0.05) is 30.3 Å². The molecule has 2 heterocycles. The molecule has 0 saturated heterocycles. The van der Waals surface area contributed by atoms with E-state index in [-0.39, 0.29) is 11.6 Å². The molecule has 0 spiro atoms. The van der Waals surface area contributed by atoms with E-state index in [1.54, 1.807) is 18.2 Å². The fourth-order valence-electron chi connectivity index (χ4n) is 3.90. The van der Waals surface area contributed by atoms with Crippen LogP contribution in [0.25, 0.3) is 11.0 Å². The van der Waals surface area contributed by atoms with Gasteiger partial charge in [-0.05, 0) is 49.8 Å². The van der Waals surface area contributed by atoms with Crippen molar-refractivity contribution in [2.45, 2.75) is 12.5 Å². The molecule has 1 atom stereocenters. The Labute approximate surface area is 169 Å². The number of hydrogen-bond acceptors (Lipinski definition) is 5. The molecule has 0 fully saturated rings. The first-order valence-electron chi connectivity index (χ1n) is 9.75. The maximum absolute atomic E-state index is 12.7. The summed E-state index contributed by atoms with van der Waals surface area (Å²) < 4.78 is 5.28. The second kappa shape index (κ2) is 7.72. The third-order valence-corrected chi connectivity index (χ3v) is 5.58. The van der Waals surface area contributed by atoms with E-state index in [9.17, 15) is 9.59 Å². The molecular formula is C23H25N3O3. The largest absolute Gasteiger partial charge is 0.422 e. The van der Waals surface area contributed by atoms with E-state index in [1.807, 2.05) is 26.2 Å². The molecule has 1 aromatic heterocycles. The minimum Gasteiger partial charge on any atom is -0.422 e. The highest BCUT2D eigenvalue weighted by Gasteiger charge is 2.21. The van der Waals surface area contributed by atoms with E-state index in [2.05, 4.69) is 40.4 Å². The van der Waals surface area contributed by atoms with Crippen LogP contribution in [0.3, 0.4) is 0 Å². The molecule has 1 amide bonds. The van der Waals surface area contributed by atoms with Crippen molar-refractivity contribution in [1.29, 1.82) is 0 Å². The normalized spacial score (nSPS) is 14.3. The van der Waals surface area contributed by atoms with Gasteiger partial charge < -0.3 is 19.5 Å². The number of hydrogen-bond donors (Lipinski definition) is 1. The van der Waals surface area contributed by atoms with Gasteiger partial charge in [-0.15, -0.1) is 0 Å². The molecule has 150 valence electrons. The van der Waals surface area contributed by atoms with Crippen molar-refractivity contribution in [2.75, 3.05) is 39.1 Å².